The summed E-state index contributed by atoms with van der Waals surface area (Å²) in [6, 6.07) is 18.4. The maximum absolute atomic E-state index is 12.1. The van der Waals surface area contributed by atoms with Gasteiger partial charge in [-0.25, -0.2) is 4.79 Å². The SMILES string of the molecule is CCC(OC1OC(=O)c2ccccc21)[C@@H]1CCCN1Cc1ccccc1. The lowest BCUT2D eigenvalue weighted by molar-refractivity contribution is -0.154. The van der Waals surface area contributed by atoms with Gasteiger partial charge in [0.2, 0.25) is 6.29 Å². The van der Waals surface area contributed by atoms with Gasteiger partial charge in [0.15, 0.2) is 0 Å². The van der Waals surface area contributed by atoms with Gasteiger partial charge in [0.1, 0.15) is 0 Å². The van der Waals surface area contributed by atoms with Crippen LogP contribution < -0.4 is 0 Å². The van der Waals surface area contributed by atoms with E-state index in [2.05, 4.69) is 42.2 Å². The quantitative estimate of drug-likeness (QED) is 0.727. The summed E-state index contributed by atoms with van der Waals surface area (Å²) in [6.45, 7) is 4.17. The van der Waals surface area contributed by atoms with Crippen molar-refractivity contribution in [1.82, 2.24) is 4.90 Å². The van der Waals surface area contributed by atoms with Gasteiger partial charge >= 0.3 is 5.97 Å². The van der Waals surface area contributed by atoms with Gasteiger partial charge in [-0.05, 0) is 37.4 Å². The summed E-state index contributed by atoms with van der Waals surface area (Å²) in [5.41, 5.74) is 2.80. The predicted octanol–water partition coefficient (Wildman–Crippen LogP) is 4.32. The molecule has 2 unspecified atom stereocenters. The summed E-state index contributed by atoms with van der Waals surface area (Å²) < 4.78 is 11.8. The average molecular weight is 351 g/mol. The highest BCUT2D eigenvalue weighted by atomic mass is 16.7. The zero-order chi connectivity index (χ0) is 17.9. The number of hydrogen-bond donors (Lipinski definition) is 0. The van der Waals surface area contributed by atoms with E-state index in [1.165, 1.54) is 12.0 Å². The van der Waals surface area contributed by atoms with E-state index in [9.17, 15) is 4.79 Å². The number of fused-ring (bicyclic) bond motifs is 1. The molecule has 2 aromatic rings. The smallest absolute Gasteiger partial charge is 0.341 e. The standard InChI is InChI=1S/C22H25NO3/c1-2-20(25-22-18-12-7-6-11-17(18)21(24)26-22)19-13-8-14-23(19)15-16-9-4-3-5-10-16/h3-7,9-12,19-20,22H,2,8,13-15H2,1H3/t19-,20?,22?/m0/s1. The molecule has 2 aliphatic rings. The maximum Gasteiger partial charge on any atom is 0.341 e. The highest BCUT2D eigenvalue weighted by Gasteiger charge is 2.37. The Morgan fingerprint density at radius 2 is 1.92 bits per heavy atom. The van der Waals surface area contributed by atoms with Gasteiger partial charge in [-0.1, -0.05) is 55.5 Å². The van der Waals surface area contributed by atoms with Crippen LogP contribution in [0.5, 0.6) is 0 Å². The molecule has 26 heavy (non-hydrogen) atoms. The minimum Gasteiger partial charge on any atom is -0.428 e. The van der Waals surface area contributed by atoms with Gasteiger partial charge in [-0.15, -0.1) is 0 Å². The zero-order valence-corrected chi connectivity index (χ0v) is 15.1. The lowest BCUT2D eigenvalue weighted by Gasteiger charge is -2.32. The van der Waals surface area contributed by atoms with E-state index in [0.717, 1.165) is 31.5 Å². The molecule has 0 spiro atoms. The zero-order valence-electron chi connectivity index (χ0n) is 15.1. The number of nitrogens with zero attached hydrogens (tertiary/aromatic N) is 1. The highest BCUT2D eigenvalue weighted by Crippen LogP contribution is 2.35. The first-order valence-corrected chi connectivity index (χ1v) is 9.49. The summed E-state index contributed by atoms with van der Waals surface area (Å²) in [6.07, 6.45) is 2.66. The van der Waals surface area contributed by atoms with Crippen molar-refractivity contribution in [3.05, 3.63) is 71.3 Å². The first-order chi connectivity index (χ1) is 12.8. The Morgan fingerprint density at radius 3 is 2.73 bits per heavy atom. The molecule has 2 aliphatic heterocycles. The number of esters is 1. The Labute approximate surface area is 154 Å². The van der Waals surface area contributed by atoms with Gasteiger partial charge in [-0.3, -0.25) is 4.90 Å². The number of cyclic esters (lactones) is 1. The molecule has 0 aromatic heterocycles. The van der Waals surface area contributed by atoms with E-state index in [-0.39, 0.29) is 12.1 Å². The lowest BCUT2D eigenvalue weighted by atomic mass is 10.0. The van der Waals surface area contributed by atoms with Crippen molar-refractivity contribution in [1.29, 1.82) is 0 Å². The van der Waals surface area contributed by atoms with Crippen molar-refractivity contribution >= 4 is 5.97 Å². The summed E-state index contributed by atoms with van der Waals surface area (Å²) in [5, 5.41) is 0. The molecule has 4 rings (SSSR count). The fourth-order valence-corrected chi connectivity index (χ4v) is 4.12. The van der Waals surface area contributed by atoms with Crippen molar-refractivity contribution < 1.29 is 14.3 Å². The molecule has 0 bridgehead atoms. The largest absolute Gasteiger partial charge is 0.428 e. The van der Waals surface area contributed by atoms with Crippen LogP contribution in [0.1, 0.15) is 54.0 Å². The van der Waals surface area contributed by atoms with E-state index in [4.69, 9.17) is 9.47 Å². The average Bonchev–Trinajstić information content (AvgIpc) is 3.25. The normalized spacial score (nSPS) is 23.7. The van der Waals surface area contributed by atoms with E-state index in [1.54, 1.807) is 6.07 Å². The maximum atomic E-state index is 12.1. The molecule has 0 radical (unpaired) electrons. The van der Waals surface area contributed by atoms with Crippen LogP contribution in [0.2, 0.25) is 0 Å². The van der Waals surface area contributed by atoms with E-state index in [1.807, 2.05) is 18.2 Å². The van der Waals surface area contributed by atoms with E-state index < -0.39 is 6.29 Å². The van der Waals surface area contributed by atoms with Crippen molar-refractivity contribution in [3.8, 4) is 0 Å². The molecule has 2 heterocycles. The van der Waals surface area contributed by atoms with Crippen LogP contribution >= 0.6 is 0 Å². The number of likely N-dealkylation sites (tertiary alicyclic amines) is 1. The highest BCUT2D eigenvalue weighted by molar-refractivity contribution is 5.93. The Bertz CT molecular complexity index is 761. The molecule has 0 aliphatic carbocycles. The topological polar surface area (TPSA) is 38.8 Å². The van der Waals surface area contributed by atoms with Crippen LogP contribution in [0.15, 0.2) is 54.6 Å². The molecule has 2 aromatic carbocycles. The number of hydrogen-bond acceptors (Lipinski definition) is 4. The number of rotatable bonds is 6. The number of ether oxygens (including phenoxy) is 2. The predicted molar refractivity (Wildman–Crippen MR) is 99.6 cm³/mol. The molecule has 0 amide bonds. The first-order valence-electron chi connectivity index (χ1n) is 9.49. The van der Waals surface area contributed by atoms with Crippen molar-refractivity contribution in [3.63, 3.8) is 0 Å². The van der Waals surface area contributed by atoms with Gasteiger partial charge in [0, 0.05) is 18.2 Å². The molecule has 1 fully saturated rings. The molecule has 0 saturated carbocycles. The number of carbonyl (C=O) groups excluding carboxylic acids is 1. The monoisotopic (exact) mass is 351 g/mol. The first kappa shape index (κ1) is 17.3. The molecule has 4 nitrogen and oxygen atoms in total. The molecular weight excluding hydrogens is 326 g/mol. The summed E-state index contributed by atoms with van der Waals surface area (Å²) in [5.74, 6) is -0.284. The number of benzene rings is 2. The summed E-state index contributed by atoms with van der Waals surface area (Å²) in [7, 11) is 0. The van der Waals surface area contributed by atoms with Crippen molar-refractivity contribution in [2.24, 2.45) is 0 Å². The Hall–Kier alpha value is -2.17. The molecule has 3 atom stereocenters. The summed E-state index contributed by atoms with van der Waals surface area (Å²) >= 11 is 0. The second-order valence-electron chi connectivity index (χ2n) is 7.07. The van der Waals surface area contributed by atoms with Crippen LogP contribution in [0.3, 0.4) is 0 Å². The van der Waals surface area contributed by atoms with Gasteiger partial charge < -0.3 is 9.47 Å². The minimum atomic E-state index is -0.581. The van der Waals surface area contributed by atoms with E-state index >= 15 is 0 Å². The van der Waals surface area contributed by atoms with Crippen LogP contribution in [0.4, 0.5) is 0 Å². The minimum absolute atomic E-state index is 0.0465. The second-order valence-corrected chi connectivity index (χ2v) is 7.07. The second kappa shape index (κ2) is 7.60. The third-order valence-corrected chi connectivity index (χ3v) is 5.42. The fraction of sp³-hybridized carbons (Fsp3) is 0.409. The third kappa shape index (κ3) is 3.39. The van der Waals surface area contributed by atoms with Gasteiger partial charge in [-0.2, -0.15) is 0 Å². The fourth-order valence-electron chi connectivity index (χ4n) is 4.12. The Balaban J connectivity index is 1.48. The van der Waals surface area contributed by atoms with Crippen LogP contribution in [0.25, 0.3) is 0 Å². The number of carbonyl (C=O) groups is 1. The molecule has 136 valence electrons. The van der Waals surface area contributed by atoms with Crippen molar-refractivity contribution in [2.45, 2.75) is 51.2 Å². The Morgan fingerprint density at radius 1 is 1.15 bits per heavy atom. The lowest BCUT2D eigenvalue weighted by Crippen LogP contribution is -2.40. The molecular formula is C22H25NO3. The Kier molecular flexibility index (Phi) is 5.05. The third-order valence-electron chi connectivity index (χ3n) is 5.42. The van der Waals surface area contributed by atoms with Crippen LogP contribution in [0, 0.1) is 0 Å². The van der Waals surface area contributed by atoms with Gasteiger partial charge in [0.25, 0.3) is 0 Å². The van der Waals surface area contributed by atoms with Crippen molar-refractivity contribution in [2.75, 3.05) is 6.54 Å². The van der Waals surface area contributed by atoms with Crippen LogP contribution in [-0.4, -0.2) is 29.6 Å². The van der Waals surface area contributed by atoms with Crippen LogP contribution in [-0.2, 0) is 16.0 Å². The molecule has 4 heteroatoms. The molecule has 0 N–H and O–H groups in total. The molecule has 1 saturated heterocycles. The van der Waals surface area contributed by atoms with E-state index in [0.29, 0.717) is 11.6 Å². The summed E-state index contributed by atoms with van der Waals surface area (Å²) in [4.78, 5) is 14.6. The van der Waals surface area contributed by atoms with Gasteiger partial charge in [0.05, 0.1) is 11.7 Å².